The molecule has 10 aromatic rings. The Balaban J connectivity index is 1.28. The molecule has 0 N–H and O–H groups in total. The Bertz CT molecular complexity index is 2840. The Hall–Kier alpha value is -6.18. The van der Waals surface area contributed by atoms with Crippen LogP contribution in [0.5, 0.6) is 0 Å². The first-order valence-corrected chi connectivity index (χ1v) is 16.2. The molecule has 0 amide bonds. The molecule has 47 heavy (non-hydrogen) atoms. The molecule has 1 nitrogen and oxygen atoms in total. The number of hydrogen-bond acceptors (Lipinski definition) is 1. The van der Waals surface area contributed by atoms with Gasteiger partial charge in [-0.2, -0.15) is 0 Å². The molecule has 0 radical (unpaired) electrons. The minimum absolute atomic E-state index is 0.910. The Morgan fingerprint density at radius 3 is 1.66 bits per heavy atom. The van der Waals surface area contributed by atoms with Crippen molar-refractivity contribution in [1.82, 2.24) is 0 Å². The predicted molar refractivity (Wildman–Crippen MR) is 200 cm³/mol. The summed E-state index contributed by atoms with van der Waals surface area (Å²) in [7, 11) is 0. The highest BCUT2D eigenvalue weighted by molar-refractivity contribution is 6.23. The number of rotatable bonds is 3. The van der Waals surface area contributed by atoms with Crippen molar-refractivity contribution in [3.63, 3.8) is 0 Å². The van der Waals surface area contributed by atoms with Crippen LogP contribution in [-0.2, 0) is 0 Å². The number of hydrogen-bond donors (Lipinski definition) is 0. The first-order valence-electron chi connectivity index (χ1n) is 16.2. The number of fused-ring (bicyclic) bond motifs is 8. The second kappa shape index (κ2) is 10.2. The Kier molecular flexibility index (Phi) is 5.64. The number of furan rings is 1. The lowest BCUT2D eigenvalue weighted by atomic mass is 9.84. The van der Waals surface area contributed by atoms with Crippen LogP contribution in [-0.4, -0.2) is 0 Å². The normalized spacial score (nSPS) is 11.8. The van der Waals surface area contributed by atoms with E-state index < -0.39 is 0 Å². The third kappa shape index (κ3) is 4.03. The molecule has 0 unspecified atom stereocenters. The average Bonchev–Trinajstić information content (AvgIpc) is 3.52. The fourth-order valence-corrected chi connectivity index (χ4v) is 7.61. The van der Waals surface area contributed by atoms with Crippen LogP contribution in [0.1, 0.15) is 0 Å². The van der Waals surface area contributed by atoms with Gasteiger partial charge in [0.1, 0.15) is 11.2 Å². The average molecular weight is 597 g/mol. The lowest BCUT2D eigenvalue weighted by Crippen LogP contribution is -1.91. The van der Waals surface area contributed by atoms with Crippen LogP contribution in [0.25, 0.3) is 98.4 Å². The van der Waals surface area contributed by atoms with E-state index in [4.69, 9.17) is 4.42 Å². The second-order valence-electron chi connectivity index (χ2n) is 12.5. The van der Waals surface area contributed by atoms with E-state index in [9.17, 15) is 0 Å². The standard InChI is InChI=1S/C46H28O/c1-2-12-31(13-3-1)44-37-16-8-9-17-38(37)45(39-23-21-34(27-42(39)44)33-19-18-29-10-4-5-14-32(29)26-33)35-22-25-43-41(28-35)40-24-20-30-11-6-7-15-36(30)46(40)47-43/h1-28H. The molecule has 1 heterocycles. The highest BCUT2D eigenvalue weighted by Crippen LogP contribution is 2.46. The van der Waals surface area contributed by atoms with Crippen molar-refractivity contribution in [1.29, 1.82) is 0 Å². The molecule has 0 spiro atoms. The van der Waals surface area contributed by atoms with Crippen molar-refractivity contribution in [2.75, 3.05) is 0 Å². The van der Waals surface area contributed by atoms with Crippen LogP contribution in [0, 0.1) is 0 Å². The highest BCUT2D eigenvalue weighted by Gasteiger charge is 2.19. The maximum absolute atomic E-state index is 6.50. The van der Waals surface area contributed by atoms with E-state index in [1.807, 2.05) is 0 Å². The van der Waals surface area contributed by atoms with Crippen molar-refractivity contribution in [2.45, 2.75) is 0 Å². The van der Waals surface area contributed by atoms with E-state index in [2.05, 4.69) is 170 Å². The largest absolute Gasteiger partial charge is 0.455 e. The Morgan fingerprint density at radius 1 is 0.277 bits per heavy atom. The third-order valence-corrected chi connectivity index (χ3v) is 9.82. The fourth-order valence-electron chi connectivity index (χ4n) is 7.61. The molecule has 218 valence electrons. The van der Waals surface area contributed by atoms with Crippen LogP contribution in [0.2, 0.25) is 0 Å². The van der Waals surface area contributed by atoms with Gasteiger partial charge in [-0.1, -0.05) is 140 Å². The summed E-state index contributed by atoms with van der Waals surface area (Å²) in [5, 5.41) is 12.1. The van der Waals surface area contributed by atoms with Gasteiger partial charge in [0.25, 0.3) is 0 Å². The summed E-state index contributed by atoms with van der Waals surface area (Å²) in [6.07, 6.45) is 0. The smallest absolute Gasteiger partial charge is 0.143 e. The molecule has 0 bridgehead atoms. The number of benzene rings is 9. The molecule has 0 saturated carbocycles. The molecule has 9 aromatic carbocycles. The maximum Gasteiger partial charge on any atom is 0.143 e. The summed E-state index contributed by atoms with van der Waals surface area (Å²) >= 11 is 0. The monoisotopic (exact) mass is 596 g/mol. The highest BCUT2D eigenvalue weighted by atomic mass is 16.3. The molecule has 0 aliphatic heterocycles. The molecule has 0 atom stereocenters. The minimum atomic E-state index is 0.910. The van der Waals surface area contributed by atoms with E-state index in [-0.39, 0.29) is 0 Å². The quantitative estimate of drug-likeness (QED) is 0.185. The van der Waals surface area contributed by atoms with E-state index in [0.29, 0.717) is 0 Å². The summed E-state index contributed by atoms with van der Waals surface area (Å²) in [6, 6.07) is 61.7. The molecule has 10 rings (SSSR count). The van der Waals surface area contributed by atoms with Crippen molar-refractivity contribution in [3.8, 4) is 33.4 Å². The van der Waals surface area contributed by atoms with Crippen LogP contribution in [0.15, 0.2) is 174 Å². The fraction of sp³-hybridized carbons (Fsp3) is 0. The Labute approximate surface area is 271 Å². The second-order valence-corrected chi connectivity index (χ2v) is 12.5. The van der Waals surface area contributed by atoms with Gasteiger partial charge < -0.3 is 4.42 Å². The van der Waals surface area contributed by atoms with E-state index in [1.54, 1.807) is 0 Å². The van der Waals surface area contributed by atoms with Gasteiger partial charge in [0, 0.05) is 16.2 Å². The van der Waals surface area contributed by atoms with Gasteiger partial charge in [-0.3, -0.25) is 0 Å². The minimum Gasteiger partial charge on any atom is -0.455 e. The van der Waals surface area contributed by atoms with Crippen molar-refractivity contribution in [3.05, 3.63) is 170 Å². The molecule has 0 saturated heterocycles. The van der Waals surface area contributed by atoms with Gasteiger partial charge in [0.2, 0.25) is 0 Å². The summed E-state index contributed by atoms with van der Waals surface area (Å²) in [4.78, 5) is 0. The lowest BCUT2D eigenvalue weighted by molar-refractivity contribution is 0.672. The third-order valence-electron chi connectivity index (χ3n) is 9.82. The van der Waals surface area contributed by atoms with Crippen LogP contribution >= 0.6 is 0 Å². The first-order chi connectivity index (χ1) is 23.3. The van der Waals surface area contributed by atoms with Crippen LogP contribution in [0.4, 0.5) is 0 Å². The van der Waals surface area contributed by atoms with Gasteiger partial charge in [-0.15, -0.1) is 0 Å². The molecular weight excluding hydrogens is 569 g/mol. The first kappa shape index (κ1) is 26.1. The zero-order valence-corrected chi connectivity index (χ0v) is 25.6. The van der Waals surface area contributed by atoms with Crippen molar-refractivity contribution < 1.29 is 4.42 Å². The molecule has 1 heteroatoms. The molecular formula is C46H28O. The van der Waals surface area contributed by atoms with E-state index in [1.165, 1.54) is 71.1 Å². The van der Waals surface area contributed by atoms with Gasteiger partial charge in [0.05, 0.1) is 0 Å². The van der Waals surface area contributed by atoms with Gasteiger partial charge in [-0.05, 0) is 101 Å². The summed E-state index contributed by atoms with van der Waals surface area (Å²) < 4.78 is 6.50. The zero-order chi connectivity index (χ0) is 30.9. The van der Waals surface area contributed by atoms with Gasteiger partial charge >= 0.3 is 0 Å². The maximum atomic E-state index is 6.50. The lowest BCUT2D eigenvalue weighted by Gasteiger charge is -2.19. The van der Waals surface area contributed by atoms with Crippen molar-refractivity contribution in [2.24, 2.45) is 0 Å². The van der Waals surface area contributed by atoms with Gasteiger partial charge in [-0.25, -0.2) is 0 Å². The topological polar surface area (TPSA) is 13.1 Å². The summed E-state index contributed by atoms with van der Waals surface area (Å²) in [5.41, 5.74) is 9.22. The van der Waals surface area contributed by atoms with Crippen molar-refractivity contribution >= 4 is 65.0 Å². The van der Waals surface area contributed by atoms with Crippen LogP contribution < -0.4 is 0 Å². The Morgan fingerprint density at radius 2 is 0.830 bits per heavy atom. The summed E-state index contributed by atoms with van der Waals surface area (Å²) in [6.45, 7) is 0. The molecule has 0 fully saturated rings. The van der Waals surface area contributed by atoms with Gasteiger partial charge in [0.15, 0.2) is 0 Å². The molecule has 0 aliphatic rings. The van der Waals surface area contributed by atoms with Crippen LogP contribution in [0.3, 0.4) is 0 Å². The summed E-state index contributed by atoms with van der Waals surface area (Å²) in [5.74, 6) is 0. The molecule has 1 aromatic heterocycles. The van der Waals surface area contributed by atoms with E-state index >= 15 is 0 Å². The molecule has 0 aliphatic carbocycles. The SMILES string of the molecule is c1ccc(-c2c3ccccc3c(-c3ccc4oc5c6ccccc6ccc5c4c3)c3ccc(-c4ccc5ccccc5c4)cc23)cc1. The van der Waals surface area contributed by atoms with E-state index in [0.717, 1.165) is 27.3 Å². The predicted octanol–water partition coefficient (Wildman–Crippen LogP) is 13.2. The zero-order valence-electron chi connectivity index (χ0n) is 25.6.